The van der Waals surface area contributed by atoms with Gasteiger partial charge < -0.3 is 14.8 Å². The number of hydrogen-bond acceptors (Lipinski definition) is 3. The molecule has 0 radical (unpaired) electrons. The molecule has 1 N–H and O–H groups in total. The van der Waals surface area contributed by atoms with Gasteiger partial charge in [-0.25, -0.2) is 0 Å². The predicted molar refractivity (Wildman–Crippen MR) is 50.6 cm³/mol. The molecule has 0 aliphatic carbocycles. The van der Waals surface area contributed by atoms with E-state index in [2.05, 4.69) is 5.32 Å². The molecule has 0 unspecified atom stereocenters. The summed E-state index contributed by atoms with van der Waals surface area (Å²) in [7, 11) is 3.22. The van der Waals surface area contributed by atoms with Crippen molar-refractivity contribution in [1.82, 2.24) is 5.32 Å². The minimum atomic E-state index is -0.0672. The van der Waals surface area contributed by atoms with Crippen LogP contribution in [-0.2, 0) is 14.3 Å². The molecule has 0 saturated heterocycles. The van der Waals surface area contributed by atoms with Crippen LogP contribution in [0.2, 0.25) is 0 Å². The molecule has 2 atom stereocenters. The lowest BCUT2D eigenvalue weighted by Crippen LogP contribution is -2.45. The summed E-state index contributed by atoms with van der Waals surface area (Å²) in [5.74, 6) is 0.0194. The van der Waals surface area contributed by atoms with Crippen LogP contribution in [0.1, 0.15) is 20.3 Å². The molecular weight excluding hydrogens is 170 g/mol. The lowest BCUT2D eigenvalue weighted by molar-refractivity contribution is -0.123. The van der Waals surface area contributed by atoms with E-state index in [1.54, 1.807) is 14.2 Å². The second-order valence-corrected chi connectivity index (χ2v) is 2.92. The van der Waals surface area contributed by atoms with Crippen LogP contribution in [0.15, 0.2) is 0 Å². The standard InChI is InChI=1S/C9H19NO3/c1-5-9(11)10-8(6-12-3)7(2)13-4/h7-8H,5-6H2,1-4H3,(H,10,11)/t7-,8-/m1/s1. The summed E-state index contributed by atoms with van der Waals surface area (Å²) in [6, 6.07) is -0.0672. The van der Waals surface area contributed by atoms with Gasteiger partial charge >= 0.3 is 0 Å². The summed E-state index contributed by atoms with van der Waals surface area (Å²) in [5.41, 5.74) is 0. The molecule has 0 aliphatic heterocycles. The first kappa shape index (κ1) is 12.4. The van der Waals surface area contributed by atoms with Crippen molar-refractivity contribution in [3.63, 3.8) is 0 Å². The van der Waals surface area contributed by atoms with E-state index in [-0.39, 0.29) is 18.1 Å². The minimum Gasteiger partial charge on any atom is -0.382 e. The van der Waals surface area contributed by atoms with Crippen LogP contribution in [0.4, 0.5) is 0 Å². The Morgan fingerprint density at radius 1 is 1.46 bits per heavy atom. The quantitative estimate of drug-likeness (QED) is 0.664. The first-order chi connectivity index (χ1) is 6.15. The van der Waals surface area contributed by atoms with Crippen LogP contribution in [-0.4, -0.2) is 38.9 Å². The molecule has 0 aromatic rings. The van der Waals surface area contributed by atoms with Gasteiger partial charge in [0.25, 0.3) is 0 Å². The summed E-state index contributed by atoms with van der Waals surface area (Å²) >= 11 is 0. The number of carbonyl (C=O) groups excluding carboxylic acids is 1. The van der Waals surface area contributed by atoms with Crippen molar-refractivity contribution in [3.05, 3.63) is 0 Å². The molecule has 4 heteroatoms. The average Bonchev–Trinajstić information content (AvgIpc) is 2.15. The van der Waals surface area contributed by atoms with Crippen molar-refractivity contribution < 1.29 is 14.3 Å². The molecule has 0 aromatic heterocycles. The van der Waals surface area contributed by atoms with Crippen molar-refractivity contribution in [2.24, 2.45) is 0 Å². The summed E-state index contributed by atoms with van der Waals surface area (Å²) in [6.07, 6.45) is 0.451. The van der Waals surface area contributed by atoms with Crippen LogP contribution in [0.3, 0.4) is 0 Å². The van der Waals surface area contributed by atoms with Gasteiger partial charge in [0.15, 0.2) is 0 Å². The molecule has 0 heterocycles. The van der Waals surface area contributed by atoms with Crippen molar-refractivity contribution in [1.29, 1.82) is 0 Å². The van der Waals surface area contributed by atoms with Gasteiger partial charge in [-0.1, -0.05) is 6.92 Å². The largest absolute Gasteiger partial charge is 0.382 e. The van der Waals surface area contributed by atoms with E-state index >= 15 is 0 Å². The van der Waals surface area contributed by atoms with Gasteiger partial charge in [0.1, 0.15) is 0 Å². The highest BCUT2D eigenvalue weighted by atomic mass is 16.5. The van der Waals surface area contributed by atoms with E-state index in [0.29, 0.717) is 13.0 Å². The topological polar surface area (TPSA) is 47.6 Å². The van der Waals surface area contributed by atoms with E-state index in [1.807, 2.05) is 13.8 Å². The van der Waals surface area contributed by atoms with Crippen LogP contribution in [0, 0.1) is 0 Å². The highest BCUT2D eigenvalue weighted by Crippen LogP contribution is 1.98. The maximum atomic E-state index is 11.1. The van der Waals surface area contributed by atoms with E-state index in [9.17, 15) is 4.79 Å². The smallest absolute Gasteiger partial charge is 0.220 e. The van der Waals surface area contributed by atoms with Crippen LogP contribution in [0.25, 0.3) is 0 Å². The molecule has 13 heavy (non-hydrogen) atoms. The summed E-state index contributed by atoms with van der Waals surface area (Å²) in [4.78, 5) is 11.1. The Hall–Kier alpha value is -0.610. The first-order valence-electron chi connectivity index (χ1n) is 4.46. The molecule has 0 fully saturated rings. The van der Waals surface area contributed by atoms with Crippen molar-refractivity contribution >= 4 is 5.91 Å². The SMILES string of the molecule is CCC(=O)N[C@H](COC)[C@@H](C)OC. The fraction of sp³-hybridized carbons (Fsp3) is 0.889. The summed E-state index contributed by atoms with van der Waals surface area (Å²) in [5, 5.41) is 2.83. The third-order valence-electron chi connectivity index (χ3n) is 1.95. The predicted octanol–water partition coefficient (Wildman–Crippen LogP) is 0.562. The van der Waals surface area contributed by atoms with Crippen LogP contribution >= 0.6 is 0 Å². The van der Waals surface area contributed by atoms with E-state index in [1.165, 1.54) is 0 Å². The molecule has 0 saturated carbocycles. The molecule has 0 spiro atoms. The molecule has 0 rings (SSSR count). The average molecular weight is 189 g/mol. The van der Waals surface area contributed by atoms with Crippen LogP contribution < -0.4 is 5.32 Å². The summed E-state index contributed by atoms with van der Waals surface area (Å²) in [6.45, 7) is 4.19. The maximum Gasteiger partial charge on any atom is 0.220 e. The third-order valence-corrected chi connectivity index (χ3v) is 1.95. The Morgan fingerprint density at radius 2 is 2.08 bits per heavy atom. The number of ether oxygens (including phenoxy) is 2. The van der Waals surface area contributed by atoms with E-state index in [4.69, 9.17) is 9.47 Å². The number of rotatable bonds is 6. The Labute approximate surface area is 79.6 Å². The fourth-order valence-corrected chi connectivity index (χ4v) is 0.947. The second-order valence-electron chi connectivity index (χ2n) is 2.92. The van der Waals surface area contributed by atoms with Gasteiger partial charge in [0.05, 0.1) is 18.8 Å². The van der Waals surface area contributed by atoms with Crippen molar-refractivity contribution in [2.75, 3.05) is 20.8 Å². The Morgan fingerprint density at radius 3 is 2.46 bits per heavy atom. The monoisotopic (exact) mass is 189 g/mol. The number of carbonyl (C=O) groups is 1. The molecule has 0 aromatic carbocycles. The Kier molecular flexibility index (Phi) is 6.54. The lowest BCUT2D eigenvalue weighted by atomic mass is 10.2. The van der Waals surface area contributed by atoms with E-state index < -0.39 is 0 Å². The molecule has 0 bridgehead atoms. The second kappa shape index (κ2) is 6.86. The first-order valence-corrected chi connectivity index (χ1v) is 4.46. The zero-order chi connectivity index (χ0) is 10.3. The van der Waals surface area contributed by atoms with Gasteiger partial charge in [0.2, 0.25) is 5.91 Å². The third kappa shape index (κ3) is 4.85. The number of amides is 1. The molecule has 4 nitrogen and oxygen atoms in total. The van der Waals surface area contributed by atoms with Gasteiger partial charge in [-0.3, -0.25) is 4.79 Å². The van der Waals surface area contributed by atoms with Gasteiger partial charge in [-0.15, -0.1) is 0 Å². The number of methoxy groups -OCH3 is 2. The molecule has 1 amide bonds. The highest BCUT2D eigenvalue weighted by molar-refractivity contribution is 5.75. The van der Waals surface area contributed by atoms with Crippen molar-refractivity contribution in [2.45, 2.75) is 32.4 Å². The van der Waals surface area contributed by atoms with Gasteiger partial charge in [-0.2, -0.15) is 0 Å². The normalized spacial score (nSPS) is 15.1. The molecular formula is C9H19NO3. The maximum absolute atomic E-state index is 11.1. The lowest BCUT2D eigenvalue weighted by Gasteiger charge is -2.23. The van der Waals surface area contributed by atoms with Gasteiger partial charge in [0, 0.05) is 20.6 Å². The fourth-order valence-electron chi connectivity index (χ4n) is 0.947. The Balaban J connectivity index is 4.00. The zero-order valence-electron chi connectivity index (χ0n) is 8.79. The zero-order valence-corrected chi connectivity index (χ0v) is 8.79. The van der Waals surface area contributed by atoms with E-state index in [0.717, 1.165) is 0 Å². The highest BCUT2D eigenvalue weighted by Gasteiger charge is 2.17. The van der Waals surface area contributed by atoms with Gasteiger partial charge in [-0.05, 0) is 6.92 Å². The van der Waals surface area contributed by atoms with Crippen molar-refractivity contribution in [3.8, 4) is 0 Å². The minimum absolute atomic E-state index is 0.0194. The number of nitrogens with one attached hydrogen (secondary N) is 1. The Bertz CT molecular complexity index is 150. The van der Waals surface area contributed by atoms with Crippen LogP contribution in [0.5, 0.6) is 0 Å². The molecule has 78 valence electrons. The number of hydrogen-bond donors (Lipinski definition) is 1. The summed E-state index contributed by atoms with van der Waals surface area (Å²) < 4.78 is 10.1. The molecule has 0 aliphatic rings.